The van der Waals surface area contributed by atoms with Crippen LogP contribution in [0.15, 0.2) is 60.7 Å². The molecule has 2 heterocycles. The SMILES string of the molecule is OC(COc1ccccc1)CN1C[C@@H]2C[C@H]1CN2c1ccccc1. The van der Waals surface area contributed by atoms with Crippen molar-refractivity contribution in [3.8, 4) is 5.75 Å². The molecule has 4 rings (SSSR count). The number of fused-ring (bicyclic) bond motifs is 2. The number of benzene rings is 2. The monoisotopic (exact) mass is 324 g/mol. The number of aliphatic hydroxyl groups is 1. The summed E-state index contributed by atoms with van der Waals surface area (Å²) >= 11 is 0. The van der Waals surface area contributed by atoms with Crippen molar-refractivity contribution in [1.29, 1.82) is 0 Å². The Bertz CT molecular complexity index is 649. The summed E-state index contributed by atoms with van der Waals surface area (Å²) in [5.74, 6) is 0.815. The molecule has 24 heavy (non-hydrogen) atoms. The summed E-state index contributed by atoms with van der Waals surface area (Å²) in [6.45, 7) is 3.12. The van der Waals surface area contributed by atoms with E-state index in [2.05, 4.69) is 40.1 Å². The molecule has 0 amide bonds. The number of ether oxygens (including phenoxy) is 1. The maximum atomic E-state index is 10.3. The maximum Gasteiger partial charge on any atom is 0.119 e. The molecule has 2 fully saturated rings. The predicted molar refractivity (Wildman–Crippen MR) is 95.5 cm³/mol. The largest absolute Gasteiger partial charge is 0.491 e. The molecule has 2 aromatic rings. The van der Waals surface area contributed by atoms with E-state index in [-0.39, 0.29) is 0 Å². The molecule has 0 aliphatic carbocycles. The predicted octanol–water partition coefficient (Wildman–Crippen LogP) is 2.39. The van der Waals surface area contributed by atoms with Crippen LogP contribution in [0.2, 0.25) is 0 Å². The Balaban J connectivity index is 1.28. The highest BCUT2D eigenvalue weighted by Gasteiger charge is 2.43. The third-order valence-electron chi connectivity index (χ3n) is 5.07. The molecule has 0 radical (unpaired) electrons. The molecule has 4 heteroatoms. The lowest BCUT2D eigenvalue weighted by Gasteiger charge is -2.36. The van der Waals surface area contributed by atoms with Gasteiger partial charge >= 0.3 is 0 Å². The zero-order valence-corrected chi connectivity index (χ0v) is 13.8. The Hall–Kier alpha value is -2.04. The van der Waals surface area contributed by atoms with Gasteiger partial charge in [-0.1, -0.05) is 36.4 Å². The topological polar surface area (TPSA) is 35.9 Å². The molecule has 2 aromatic carbocycles. The van der Waals surface area contributed by atoms with E-state index in [4.69, 9.17) is 4.74 Å². The van der Waals surface area contributed by atoms with Crippen LogP contribution < -0.4 is 9.64 Å². The summed E-state index contributed by atoms with van der Waals surface area (Å²) in [5.41, 5.74) is 1.32. The van der Waals surface area contributed by atoms with Gasteiger partial charge in [-0.15, -0.1) is 0 Å². The molecule has 2 bridgehead atoms. The summed E-state index contributed by atoms with van der Waals surface area (Å²) in [5, 5.41) is 10.3. The summed E-state index contributed by atoms with van der Waals surface area (Å²) in [7, 11) is 0. The number of hydrogen-bond acceptors (Lipinski definition) is 4. The lowest BCUT2D eigenvalue weighted by atomic mass is 10.2. The molecule has 4 nitrogen and oxygen atoms in total. The van der Waals surface area contributed by atoms with Crippen LogP contribution >= 0.6 is 0 Å². The minimum Gasteiger partial charge on any atom is -0.491 e. The zero-order chi connectivity index (χ0) is 16.4. The third-order valence-corrected chi connectivity index (χ3v) is 5.07. The molecule has 0 aromatic heterocycles. The average Bonchev–Trinajstić information content (AvgIpc) is 3.22. The standard InChI is InChI=1S/C20H24N2O2/c23-19(15-24-20-9-5-2-6-10-20)14-21-12-18-11-17(21)13-22(18)16-7-3-1-4-8-16/h1-10,17-19,23H,11-15H2/t17-,18-,19?/m0/s1. The fourth-order valence-electron chi connectivity index (χ4n) is 3.94. The molecule has 126 valence electrons. The van der Waals surface area contributed by atoms with Gasteiger partial charge in [-0.3, -0.25) is 4.90 Å². The maximum absolute atomic E-state index is 10.3. The molecule has 0 saturated carbocycles. The highest BCUT2D eigenvalue weighted by molar-refractivity contribution is 5.49. The fraction of sp³-hybridized carbons (Fsp3) is 0.400. The van der Waals surface area contributed by atoms with Crippen molar-refractivity contribution in [1.82, 2.24) is 4.90 Å². The van der Waals surface area contributed by atoms with Crippen molar-refractivity contribution in [2.75, 3.05) is 31.1 Å². The van der Waals surface area contributed by atoms with Crippen LogP contribution in [-0.2, 0) is 0 Å². The molecular formula is C20H24N2O2. The molecular weight excluding hydrogens is 300 g/mol. The van der Waals surface area contributed by atoms with E-state index in [1.165, 1.54) is 12.1 Å². The van der Waals surface area contributed by atoms with Crippen molar-refractivity contribution in [2.24, 2.45) is 0 Å². The Labute approximate surface area is 143 Å². The highest BCUT2D eigenvalue weighted by atomic mass is 16.5. The van der Waals surface area contributed by atoms with E-state index in [9.17, 15) is 5.11 Å². The number of piperazine rings is 1. The van der Waals surface area contributed by atoms with Crippen LogP contribution in [0.5, 0.6) is 5.75 Å². The van der Waals surface area contributed by atoms with Gasteiger partial charge in [0.15, 0.2) is 0 Å². The molecule has 0 spiro atoms. The Kier molecular flexibility index (Phi) is 4.41. The van der Waals surface area contributed by atoms with E-state index >= 15 is 0 Å². The van der Waals surface area contributed by atoms with Gasteiger partial charge in [0.2, 0.25) is 0 Å². The fourth-order valence-corrected chi connectivity index (χ4v) is 3.94. The van der Waals surface area contributed by atoms with Crippen LogP contribution in [0.3, 0.4) is 0 Å². The number of nitrogens with zero attached hydrogens (tertiary/aromatic N) is 2. The van der Waals surface area contributed by atoms with Crippen molar-refractivity contribution in [3.63, 3.8) is 0 Å². The minimum absolute atomic E-state index is 0.348. The van der Waals surface area contributed by atoms with Crippen molar-refractivity contribution >= 4 is 5.69 Å². The number of β-amino-alcohol motifs (C(OH)–C–C–N with tert-alkyl or cyclic N) is 1. The first kappa shape index (κ1) is 15.5. The van der Waals surface area contributed by atoms with Gasteiger partial charge < -0.3 is 14.7 Å². The van der Waals surface area contributed by atoms with Crippen LogP contribution in [-0.4, -0.2) is 54.4 Å². The number of anilines is 1. The summed E-state index contributed by atoms with van der Waals surface area (Å²) in [4.78, 5) is 4.93. The Morgan fingerprint density at radius 3 is 2.33 bits per heavy atom. The summed E-state index contributed by atoms with van der Waals surface area (Å²) in [6, 6.07) is 21.4. The van der Waals surface area contributed by atoms with E-state index in [0.29, 0.717) is 25.2 Å². The first-order valence-corrected chi connectivity index (χ1v) is 8.71. The van der Waals surface area contributed by atoms with Gasteiger partial charge in [0, 0.05) is 37.4 Å². The second-order valence-corrected chi connectivity index (χ2v) is 6.76. The van der Waals surface area contributed by atoms with Gasteiger partial charge in [0.1, 0.15) is 18.5 Å². The lowest BCUT2D eigenvalue weighted by Crippen LogP contribution is -2.49. The van der Waals surface area contributed by atoms with E-state index in [0.717, 1.165) is 18.8 Å². The van der Waals surface area contributed by atoms with E-state index in [1.54, 1.807) is 0 Å². The molecule has 2 aliphatic rings. The first-order chi connectivity index (χ1) is 11.8. The van der Waals surface area contributed by atoms with Crippen LogP contribution in [0.4, 0.5) is 5.69 Å². The zero-order valence-electron chi connectivity index (χ0n) is 13.8. The molecule has 3 atom stereocenters. The minimum atomic E-state index is -0.449. The quantitative estimate of drug-likeness (QED) is 0.885. The molecule has 2 saturated heterocycles. The van der Waals surface area contributed by atoms with Crippen molar-refractivity contribution in [2.45, 2.75) is 24.6 Å². The molecule has 1 N–H and O–H groups in total. The Morgan fingerprint density at radius 1 is 0.958 bits per heavy atom. The highest BCUT2D eigenvalue weighted by Crippen LogP contribution is 2.34. The van der Waals surface area contributed by atoms with Gasteiger partial charge in [-0.25, -0.2) is 0 Å². The lowest BCUT2D eigenvalue weighted by molar-refractivity contribution is 0.0618. The van der Waals surface area contributed by atoms with E-state index in [1.807, 2.05) is 30.3 Å². The van der Waals surface area contributed by atoms with Gasteiger partial charge in [0.05, 0.1) is 0 Å². The van der Waals surface area contributed by atoms with Crippen LogP contribution in [0.25, 0.3) is 0 Å². The summed E-state index contributed by atoms with van der Waals surface area (Å²) in [6.07, 6.45) is 0.746. The second-order valence-electron chi connectivity index (χ2n) is 6.76. The van der Waals surface area contributed by atoms with Gasteiger partial charge in [0.25, 0.3) is 0 Å². The first-order valence-electron chi connectivity index (χ1n) is 8.71. The molecule has 1 unspecified atom stereocenters. The molecule has 2 aliphatic heterocycles. The second kappa shape index (κ2) is 6.83. The summed E-state index contributed by atoms with van der Waals surface area (Å²) < 4.78 is 5.66. The number of hydrogen-bond donors (Lipinski definition) is 1. The normalized spacial score (nSPS) is 24.3. The Morgan fingerprint density at radius 2 is 1.67 bits per heavy atom. The number of likely N-dealkylation sites (tertiary alicyclic amines) is 1. The smallest absolute Gasteiger partial charge is 0.119 e. The van der Waals surface area contributed by atoms with Crippen LogP contribution in [0, 0.1) is 0 Å². The number of aliphatic hydroxyl groups excluding tert-OH is 1. The number of rotatable bonds is 6. The van der Waals surface area contributed by atoms with E-state index < -0.39 is 6.10 Å². The van der Waals surface area contributed by atoms with Crippen molar-refractivity contribution < 1.29 is 9.84 Å². The van der Waals surface area contributed by atoms with Crippen LogP contribution in [0.1, 0.15) is 6.42 Å². The average molecular weight is 324 g/mol. The van der Waals surface area contributed by atoms with Gasteiger partial charge in [-0.05, 0) is 30.7 Å². The van der Waals surface area contributed by atoms with Gasteiger partial charge in [-0.2, -0.15) is 0 Å². The third kappa shape index (κ3) is 3.25. The van der Waals surface area contributed by atoms with Crippen molar-refractivity contribution in [3.05, 3.63) is 60.7 Å². The number of para-hydroxylation sites is 2.